The maximum atomic E-state index is 12.9. The van der Waals surface area contributed by atoms with Crippen molar-refractivity contribution < 1.29 is 4.79 Å². The maximum Gasteiger partial charge on any atom is 0.178 e. The van der Waals surface area contributed by atoms with Crippen molar-refractivity contribution in [3.05, 3.63) is 63.8 Å². The molecule has 0 bridgehead atoms. The number of thioether (sulfide) groups is 1. The fourth-order valence-electron chi connectivity index (χ4n) is 2.61. The average molecular weight is 364 g/mol. The Morgan fingerprint density at radius 2 is 1.91 bits per heavy atom. The fraction of sp³-hybridized carbons (Fsp3) is 0.167. The van der Waals surface area contributed by atoms with Crippen LogP contribution >= 0.6 is 35.0 Å². The Morgan fingerprint density at radius 1 is 1.17 bits per heavy atom. The van der Waals surface area contributed by atoms with Crippen LogP contribution in [0.1, 0.15) is 23.0 Å². The maximum absolute atomic E-state index is 12.9. The van der Waals surface area contributed by atoms with Crippen molar-refractivity contribution in [3.8, 4) is 0 Å². The van der Waals surface area contributed by atoms with Gasteiger partial charge in [-0.2, -0.15) is 0 Å². The number of carbonyl (C=O) groups is 1. The van der Waals surface area contributed by atoms with E-state index in [4.69, 9.17) is 23.2 Å². The van der Waals surface area contributed by atoms with Crippen molar-refractivity contribution in [2.45, 2.75) is 24.0 Å². The first-order valence-corrected chi connectivity index (χ1v) is 8.84. The highest BCUT2D eigenvalue weighted by molar-refractivity contribution is 8.00. The molecule has 1 heterocycles. The van der Waals surface area contributed by atoms with Gasteiger partial charge in [-0.25, -0.2) is 0 Å². The Morgan fingerprint density at radius 3 is 2.70 bits per heavy atom. The van der Waals surface area contributed by atoms with Gasteiger partial charge in [-0.15, -0.1) is 11.8 Å². The smallest absolute Gasteiger partial charge is 0.178 e. The summed E-state index contributed by atoms with van der Waals surface area (Å²) in [4.78, 5) is 17.0. The summed E-state index contributed by atoms with van der Waals surface area (Å²) in [6, 6.07) is 13.1. The summed E-state index contributed by atoms with van der Waals surface area (Å²) in [5.74, 6) is 0.0843. The molecule has 23 heavy (non-hydrogen) atoms. The largest absolute Gasteiger partial charge is 0.358 e. The molecule has 3 rings (SSSR count). The summed E-state index contributed by atoms with van der Waals surface area (Å²) in [7, 11) is 0. The number of halogens is 2. The van der Waals surface area contributed by atoms with Crippen LogP contribution in [0, 0.1) is 6.92 Å². The van der Waals surface area contributed by atoms with Crippen molar-refractivity contribution >= 4 is 51.6 Å². The molecule has 0 unspecified atom stereocenters. The monoisotopic (exact) mass is 363 g/mol. The molecule has 1 aromatic heterocycles. The molecule has 0 aliphatic carbocycles. The van der Waals surface area contributed by atoms with Gasteiger partial charge in [0.1, 0.15) is 0 Å². The van der Waals surface area contributed by atoms with Crippen LogP contribution in [0.3, 0.4) is 0 Å². The van der Waals surface area contributed by atoms with Crippen LogP contribution < -0.4 is 0 Å². The number of hydrogen-bond acceptors (Lipinski definition) is 2. The lowest BCUT2D eigenvalue weighted by Gasteiger charge is -2.12. The molecule has 2 aromatic carbocycles. The van der Waals surface area contributed by atoms with Crippen LogP contribution in [0.25, 0.3) is 10.9 Å². The number of H-pyrrole nitrogens is 1. The summed E-state index contributed by atoms with van der Waals surface area (Å²) < 4.78 is 0. The number of Topliss-reactive ketones (excluding diaryl/α,β-unsaturated/α-hetero) is 1. The molecule has 3 aromatic rings. The number of para-hydroxylation sites is 1. The van der Waals surface area contributed by atoms with Crippen LogP contribution in [-0.2, 0) is 0 Å². The van der Waals surface area contributed by atoms with E-state index in [1.54, 1.807) is 18.2 Å². The molecule has 0 amide bonds. The Bertz CT molecular complexity index is 888. The minimum atomic E-state index is -0.260. The van der Waals surface area contributed by atoms with Crippen molar-refractivity contribution in [1.82, 2.24) is 4.98 Å². The molecule has 118 valence electrons. The molecule has 5 heteroatoms. The highest BCUT2D eigenvalue weighted by atomic mass is 35.5. The molecule has 2 nitrogen and oxygen atoms in total. The molecule has 0 saturated carbocycles. The average Bonchev–Trinajstić information content (AvgIpc) is 2.86. The van der Waals surface area contributed by atoms with Crippen LogP contribution in [-0.4, -0.2) is 16.0 Å². The third-order valence-corrected chi connectivity index (χ3v) is 5.54. The molecular weight excluding hydrogens is 349 g/mol. The third-order valence-electron chi connectivity index (χ3n) is 3.71. The number of fused-ring (bicyclic) bond motifs is 1. The zero-order chi connectivity index (χ0) is 16.6. The first-order valence-electron chi connectivity index (χ1n) is 7.20. The molecule has 0 aliphatic rings. The topological polar surface area (TPSA) is 32.9 Å². The Balaban J connectivity index is 1.93. The standard InChI is InChI=1S/C18H15Cl2NOS/c1-10-17(13-5-3-4-6-15(13)21-10)18(22)11(2)23-16-9-12(19)7-8-14(16)20/h3-9,11,21H,1-2H3/t11-/m0/s1. The number of carbonyl (C=O) groups excluding carboxylic acids is 1. The van der Waals surface area contributed by atoms with Gasteiger partial charge in [-0.3, -0.25) is 4.79 Å². The van der Waals surface area contributed by atoms with Crippen molar-refractivity contribution in [1.29, 1.82) is 0 Å². The van der Waals surface area contributed by atoms with Crippen molar-refractivity contribution in [3.63, 3.8) is 0 Å². The number of aromatic amines is 1. The molecule has 1 N–H and O–H groups in total. The summed E-state index contributed by atoms with van der Waals surface area (Å²) in [5.41, 5.74) is 2.62. The minimum Gasteiger partial charge on any atom is -0.358 e. The third kappa shape index (κ3) is 3.27. The van der Waals surface area contributed by atoms with Gasteiger partial charge in [-0.1, -0.05) is 41.4 Å². The number of aryl methyl sites for hydroxylation is 1. The van der Waals surface area contributed by atoms with E-state index in [0.29, 0.717) is 10.0 Å². The zero-order valence-electron chi connectivity index (χ0n) is 12.7. The van der Waals surface area contributed by atoms with E-state index in [0.717, 1.165) is 27.1 Å². The summed E-state index contributed by atoms with van der Waals surface area (Å²) >= 11 is 13.6. The van der Waals surface area contributed by atoms with Gasteiger partial charge >= 0.3 is 0 Å². The van der Waals surface area contributed by atoms with E-state index in [1.807, 2.05) is 38.1 Å². The quantitative estimate of drug-likeness (QED) is 0.445. The van der Waals surface area contributed by atoms with E-state index < -0.39 is 0 Å². The van der Waals surface area contributed by atoms with Crippen molar-refractivity contribution in [2.75, 3.05) is 0 Å². The Hall–Kier alpha value is -1.42. The molecule has 0 radical (unpaired) electrons. The number of nitrogens with one attached hydrogen (secondary N) is 1. The zero-order valence-corrected chi connectivity index (χ0v) is 15.0. The molecular formula is C18H15Cl2NOS. The van der Waals surface area contributed by atoms with Crippen LogP contribution in [0.4, 0.5) is 0 Å². The first kappa shape index (κ1) is 16.4. The second kappa shape index (κ2) is 6.60. The highest BCUT2D eigenvalue weighted by Gasteiger charge is 2.23. The Labute approximate surface area is 149 Å². The number of hydrogen-bond donors (Lipinski definition) is 1. The second-order valence-corrected chi connectivity index (χ2v) is 7.60. The molecule has 0 aliphatic heterocycles. The van der Waals surface area contributed by atoms with Crippen molar-refractivity contribution in [2.24, 2.45) is 0 Å². The highest BCUT2D eigenvalue weighted by Crippen LogP contribution is 2.35. The number of rotatable bonds is 4. The lowest BCUT2D eigenvalue weighted by Crippen LogP contribution is -2.14. The van der Waals surface area contributed by atoms with E-state index in [9.17, 15) is 4.79 Å². The van der Waals surface area contributed by atoms with Gasteiger partial charge in [0, 0.05) is 32.1 Å². The lowest BCUT2D eigenvalue weighted by molar-refractivity contribution is 0.0995. The first-order chi connectivity index (χ1) is 11.0. The van der Waals surface area contributed by atoms with Gasteiger partial charge in [-0.05, 0) is 38.1 Å². The summed E-state index contributed by atoms with van der Waals surface area (Å²) in [6.07, 6.45) is 0. The van der Waals surface area contributed by atoms with E-state index in [1.165, 1.54) is 11.8 Å². The van der Waals surface area contributed by atoms with Gasteiger partial charge in [0.25, 0.3) is 0 Å². The fourth-order valence-corrected chi connectivity index (χ4v) is 4.08. The van der Waals surface area contributed by atoms with Crippen LogP contribution in [0.5, 0.6) is 0 Å². The number of aromatic nitrogens is 1. The van der Waals surface area contributed by atoms with E-state index >= 15 is 0 Å². The van der Waals surface area contributed by atoms with Gasteiger partial charge < -0.3 is 4.98 Å². The molecule has 0 saturated heterocycles. The number of ketones is 1. The normalized spacial score (nSPS) is 12.5. The SMILES string of the molecule is Cc1[nH]c2ccccc2c1C(=O)[C@H](C)Sc1cc(Cl)ccc1Cl. The summed E-state index contributed by atoms with van der Waals surface area (Å²) in [5, 5.41) is 1.91. The predicted octanol–water partition coefficient (Wildman–Crippen LogP) is 6.15. The molecule has 1 atom stereocenters. The van der Waals surface area contributed by atoms with E-state index in [2.05, 4.69) is 4.98 Å². The minimum absolute atomic E-state index is 0.0843. The van der Waals surface area contributed by atoms with Gasteiger partial charge in [0.05, 0.1) is 10.3 Å². The summed E-state index contributed by atoms with van der Waals surface area (Å²) in [6.45, 7) is 3.82. The number of benzene rings is 2. The van der Waals surface area contributed by atoms with Crippen LogP contribution in [0.2, 0.25) is 10.0 Å². The lowest BCUT2D eigenvalue weighted by atomic mass is 10.1. The van der Waals surface area contributed by atoms with Gasteiger partial charge in [0.2, 0.25) is 0 Å². The molecule has 0 fully saturated rings. The predicted molar refractivity (Wildman–Crippen MR) is 99.1 cm³/mol. The van der Waals surface area contributed by atoms with Gasteiger partial charge in [0.15, 0.2) is 5.78 Å². The van der Waals surface area contributed by atoms with E-state index in [-0.39, 0.29) is 11.0 Å². The van der Waals surface area contributed by atoms with Crippen LogP contribution in [0.15, 0.2) is 47.4 Å². The molecule has 0 spiro atoms. The second-order valence-electron chi connectivity index (χ2n) is 5.37. The Kier molecular flexibility index (Phi) is 4.72.